The van der Waals surface area contributed by atoms with Gasteiger partial charge in [0, 0.05) is 13.0 Å². The summed E-state index contributed by atoms with van der Waals surface area (Å²) in [5.41, 5.74) is 7.08. The monoisotopic (exact) mass is 276 g/mol. The first-order valence-corrected chi connectivity index (χ1v) is 6.86. The highest BCUT2D eigenvalue weighted by atomic mass is 16.5. The minimum absolute atomic E-state index is 0.0843. The molecule has 0 spiro atoms. The number of rotatable bonds is 5. The molecule has 5 heteroatoms. The first-order chi connectivity index (χ1) is 9.52. The molecule has 1 aromatic carbocycles. The number of carbonyl (C=O) groups excluding carboxylic acids is 2. The van der Waals surface area contributed by atoms with Crippen molar-refractivity contribution in [2.45, 2.75) is 26.7 Å². The largest absolute Gasteiger partial charge is 0.491 e. The summed E-state index contributed by atoms with van der Waals surface area (Å²) in [7, 11) is 0. The molecule has 1 saturated heterocycles. The molecule has 0 bridgehead atoms. The van der Waals surface area contributed by atoms with Crippen molar-refractivity contribution < 1.29 is 14.3 Å². The molecule has 20 heavy (non-hydrogen) atoms. The Kier molecular flexibility index (Phi) is 4.27. The highest BCUT2D eigenvalue weighted by Gasteiger charge is 2.35. The lowest BCUT2D eigenvalue weighted by Crippen LogP contribution is -2.28. The Bertz CT molecular complexity index is 528. The molecule has 0 aliphatic carbocycles. The molecule has 1 fully saturated rings. The van der Waals surface area contributed by atoms with Crippen molar-refractivity contribution in [3.05, 3.63) is 23.8 Å². The Balaban J connectivity index is 2.27. The molecule has 2 N–H and O–H groups in total. The number of ether oxygens (including phenoxy) is 1. The van der Waals surface area contributed by atoms with Gasteiger partial charge >= 0.3 is 0 Å². The van der Waals surface area contributed by atoms with Crippen LogP contribution in [0, 0.1) is 12.8 Å². The summed E-state index contributed by atoms with van der Waals surface area (Å²) >= 11 is 0. The molecule has 2 amide bonds. The van der Waals surface area contributed by atoms with Gasteiger partial charge in [0.05, 0.1) is 18.2 Å². The van der Waals surface area contributed by atoms with Crippen molar-refractivity contribution in [3.8, 4) is 5.75 Å². The van der Waals surface area contributed by atoms with Crippen LogP contribution in [0.25, 0.3) is 0 Å². The third-order valence-corrected chi connectivity index (χ3v) is 3.40. The molecule has 1 aromatic rings. The Morgan fingerprint density at radius 2 is 2.25 bits per heavy atom. The van der Waals surface area contributed by atoms with Crippen molar-refractivity contribution in [2.75, 3.05) is 18.1 Å². The predicted octanol–water partition coefficient (Wildman–Crippen LogP) is 1.62. The van der Waals surface area contributed by atoms with Crippen molar-refractivity contribution in [1.29, 1.82) is 0 Å². The molecule has 0 aromatic heterocycles. The number of carbonyl (C=O) groups is 2. The molecule has 1 heterocycles. The highest BCUT2D eigenvalue weighted by Crippen LogP contribution is 2.34. The molecule has 1 aliphatic heterocycles. The van der Waals surface area contributed by atoms with E-state index in [1.807, 2.05) is 32.0 Å². The minimum Gasteiger partial charge on any atom is -0.491 e. The number of nitrogens with two attached hydrogens (primary N) is 1. The maximum atomic E-state index is 12.1. The zero-order chi connectivity index (χ0) is 14.7. The van der Waals surface area contributed by atoms with Crippen LogP contribution in [0.5, 0.6) is 5.75 Å². The van der Waals surface area contributed by atoms with Crippen LogP contribution in [0.1, 0.15) is 25.3 Å². The first-order valence-electron chi connectivity index (χ1n) is 6.86. The topological polar surface area (TPSA) is 72.6 Å². The molecule has 1 atom stereocenters. The number of benzene rings is 1. The van der Waals surface area contributed by atoms with E-state index in [1.165, 1.54) is 0 Å². The van der Waals surface area contributed by atoms with Crippen LogP contribution in [0.2, 0.25) is 0 Å². The van der Waals surface area contributed by atoms with Gasteiger partial charge in [0.2, 0.25) is 11.8 Å². The molecule has 1 aliphatic rings. The third-order valence-electron chi connectivity index (χ3n) is 3.40. The summed E-state index contributed by atoms with van der Waals surface area (Å²) in [6, 6.07) is 5.70. The molecule has 108 valence electrons. The number of amides is 2. The lowest BCUT2D eigenvalue weighted by molar-refractivity contribution is -0.123. The van der Waals surface area contributed by atoms with E-state index in [-0.39, 0.29) is 12.3 Å². The lowest BCUT2D eigenvalue weighted by atomic mass is 10.1. The second kappa shape index (κ2) is 5.94. The summed E-state index contributed by atoms with van der Waals surface area (Å²) < 4.78 is 5.71. The maximum absolute atomic E-state index is 12.1. The van der Waals surface area contributed by atoms with Gasteiger partial charge in [0.25, 0.3) is 0 Å². The summed E-state index contributed by atoms with van der Waals surface area (Å²) in [5, 5.41) is 0. The Morgan fingerprint density at radius 1 is 1.50 bits per heavy atom. The number of hydrogen-bond acceptors (Lipinski definition) is 3. The molecular weight excluding hydrogens is 256 g/mol. The van der Waals surface area contributed by atoms with E-state index >= 15 is 0 Å². The number of hydrogen-bond donors (Lipinski definition) is 1. The smallest absolute Gasteiger partial charge is 0.227 e. The van der Waals surface area contributed by atoms with Gasteiger partial charge in [-0.15, -0.1) is 0 Å². The number of primary amides is 1. The van der Waals surface area contributed by atoms with Gasteiger partial charge in [0.1, 0.15) is 5.75 Å². The van der Waals surface area contributed by atoms with Crippen LogP contribution in [-0.4, -0.2) is 25.0 Å². The van der Waals surface area contributed by atoms with Crippen LogP contribution >= 0.6 is 0 Å². The molecule has 2 rings (SSSR count). The second-order valence-corrected chi connectivity index (χ2v) is 5.13. The fraction of sp³-hybridized carbons (Fsp3) is 0.467. The van der Waals surface area contributed by atoms with Gasteiger partial charge < -0.3 is 15.4 Å². The van der Waals surface area contributed by atoms with Crippen molar-refractivity contribution in [3.63, 3.8) is 0 Å². The Morgan fingerprint density at radius 3 is 2.85 bits per heavy atom. The van der Waals surface area contributed by atoms with E-state index in [9.17, 15) is 9.59 Å². The third kappa shape index (κ3) is 2.92. The minimum atomic E-state index is -0.427. The maximum Gasteiger partial charge on any atom is 0.227 e. The molecular formula is C15H20N2O3. The molecule has 5 nitrogen and oxygen atoms in total. The van der Waals surface area contributed by atoms with Gasteiger partial charge in [-0.2, -0.15) is 0 Å². The lowest BCUT2D eigenvalue weighted by Gasteiger charge is -2.20. The van der Waals surface area contributed by atoms with Crippen LogP contribution < -0.4 is 15.4 Å². The summed E-state index contributed by atoms with van der Waals surface area (Å²) in [6.45, 7) is 4.93. The first kappa shape index (κ1) is 14.4. The van der Waals surface area contributed by atoms with Gasteiger partial charge in [-0.1, -0.05) is 13.0 Å². The van der Waals surface area contributed by atoms with Gasteiger partial charge in [-0.05, 0) is 31.0 Å². The Labute approximate surface area is 118 Å². The number of anilines is 1. The van der Waals surface area contributed by atoms with E-state index in [4.69, 9.17) is 10.5 Å². The Hall–Kier alpha value is -2.04. The fourth-order valence-corrected chi connectivity index (χ4v) is 2.30. The standard InChI is InChI=1S/C15H20N2O3/c1-3-6-20-13-7-10(2)4-5-12(13)17-9-11(15(16)19)8-14(17)18/h4-5,7,11H,3,6,8-9H2,1-2H3,(H2,16,19). The highest BCUT2D eigenvalue weighted by molar-refractivity contribution is 6.01. The molecule has 0 radical (unpaired) electrons. The number of nitrogens with zero attached hydrogens (tertiary/aromatic N) is 1. The average Bonchev–Trinajstić information content (AvgIpc) is 2.79. The quantitative estimate of drug-likeness (QED) is 0.888. The predicted molar refractivity (Wildman–Crippen MR) is 76.6 cm³/mol. The summed E-state index contributed by atoms with van der Waals surface area (Å²) in [6.07, 6.45) is 1.07. The zero-order valence-electron chi connectivity index (χ0n) is 11.9. The van der Waals surface area contributed by atoms with E-state index < -0.39 is 11.8 Å². The second-order valence-electron chi connectivity index (χ2n) is 5.13. The van der Waals surface area contributed by atoms with Crippen LogP contribution in [0.15, 0.2) is 18.2 Å². The van der Waals surface area contributed by atoms with Gasteiger partial charge in [0.15, 0.2) is 0 Å². The summed E-state index contributed by atoms with van der Waals surface area (Å²) in [4.78, 5) is 24.9. The van der Waals surface area contributed by atoms with E-state index in [0.717, 1.165) is 17.7 Å². The van der Waals surface area contributed by atoms with Gasteiger partial charge in [-0.25, -0.2) is 0 Å². The molecule has 0 saturated carbocycles. The van der Waals surface area contributed by atoms with Crippen LogP contribution in [-0.2, 0) is 9.59 Å². The van der Waals surface area contributed by atoms with Crippen molar-refractivity contribution in [1.82, 2.24) is 0 Å². The van der Waals surface area contributed by atoms with Crippen molar-refractivity contribution in [2.24, 2.45) is 11.7 Å². The summed E-state index contributed by atoms with van der Waals surface area (Å²) in [5.74, 6) is -0.240. The van der Waals surface area contributed by atoms with Gasteiger partial charge in [-0.3, -0.25) is 9.59 Å². The van der Waals surface area contributed by atoms with E-state index in [2.05, 4.69) is 0 Å². The van der Waals surface area contributed by atoms with Crippen LogP contribution in [0.4, 0.5) is 5.69 Å². The fourth-order valence-electron chi connectivity index (χ4n) is 2.30. The normalized spacial score (nSPS) is 18.4. The number of aryl methyl sites for hydroxylation is 1. The average molecular weight is 276 g/mol. The zero-order valence-corrected chi connectivity index (χ0v) is 11.9. The SMILES string of the molecule is CCCOc1cc(C)ccc1N1CC(C(N)=O)CC1=O. The van der Waals surface area contributed by atoms with Crippen LogP contribution in [0.3, 0.4) is 0 Å². The van der Waals surface area contributed by atoms with Crippen molar-refractivity contribution >= 4 is 17.5 Å². The van der Waals surface area contributed by atoms with E-state index in [1.54, 1.807) is 4.90 Å². The van der Waals surface area contributed by atoms with E-state index in [0.29, 0.717) is 18.9 Å². The molecule has 1 unspecified atom stereocenters.